The SMILES string of the molecule is Cc1nn(CC(C)C)c(C)c1CC(=O)NNC(=O)c1cc2c(s1)CC[C@@H](C)C2. The zero-order valence-corrected chi connectivity index (χ0v) is 18.2. The van der Waals surface area contributed by atoms with Gasteiger partial charge in [-0.25, -0.2) is 0 Å². The van der Waals surface area contributed by atoms with Gasteiger partial charge in [0.2, 0.25) is 5.91 Å². The minimum Gasteiger partial charge on any atom is -0.273 e. The summed E-state index contributed by atoms with van der Waals surface area (Å²) in [6.07, 6.45) is 3.45. The maximum Gasteiger partial charge on any atom is 0.279 e. The first-order valence-electron chi connectivity index (χ1n) is 9.98. The molecule has 0 unspecified atom stereocenters. The first kappa shape index (κ1) is 20.6. The Morgan fingerprint density at radius 3 is 2.79 bits per heavy atom. The largest absolute Gasteiger partial charge is 0.279 e. The highest BCUT2D eigenvalue weighted by atomic mass is 32.1. The van der Waals surface area contributed by atoms with Gasteiger partial charge in [-0.1, -0.05) is 20.8 Å². The quantitative estimate of drug-likeness (QED) is 0.753. The number of hydrogen-bond donors (Lipinski definition) is 2. The van der Waals surface area contributed by atoms with Gasteiger partial charge >= 0.3 is 0 Å². The van der Waals surface area contributed by atoms with Crippen molar-refractivity contribution in [3.63, 3.8) is 0 Å². The van der Waals surface area contributed by atoms with Crippen molar-refractivity contribution >= 4 is 23.2 Å². The summed E-state index contributed by atoms with van der Waals surface area (Å²) < 4.78 is 1.96. The molecule has 6 nitrogen and oxygen atoms in total. The average molecular weight is 403 g/mol. The summed E-state index contributed by atoms with van der Waals surface area (Å²) in [6, 6.07) is 1.97. The Morgan fingerprint density at radius 1 is 1.32 bits per heavy atom. The number of hydrazine groups is 1. The lowest BCUT2D eigenvalue weighted by molar-refractivity contribution is -0.121. The second kappa shape index (κ2) is 8.47. The average Bonchev–Trinajstić information content (AvgIpc) is 3.15. The molecular weight excluding hydrogens is 372 g/mol. The number of aromatic nitrogens is 2. The van der Waals surface area contributed by atoms with Crippen molar-refractivity contribution in [2.45, 2.75) is 66.8 Å². The molecule has 0 saturated heterocycles. The van der Waals surface area contributed by atoms with Crippen LogP contribution in [0.15, 0.2) is 6.07 Å². The molecule has 2 heterocycles. The van der Waals surface area contributed by atoms with Gasteiger partial charge in [0.1, 0.15) is 0 Å². The zero-order valence-electron chi connectivity index (χ0n) is 17.4. The molecule has 2 amide bonds. The van der Waals surface area contributed by atoms with Crippen LogP contribution in [0.5, 0.6) is 0 Å². The van der Waals surface area contributed by atoms with Crippen molar-refractivity contribution in [3.8, 4) is 0 Å². The zero-order chi connectivity index (χ0) is 20.4. The molecule has 0 aromatic carbocycles. The maximum absolute atomic E-state index is 12.4. The van der Waals surface area contributed by atoms with Crippen molar-refractivity contribution in [1.82, 2.24) is 20.6 Å². The molecule has 2 aromatic rings. The number of amides is 2. The molecule has 0 radical (unpaired) electrons. The van der Waals surface area contributed by atoms with Gasteiger partial charge in [-0.2, -0.15) is 5.10 Å². The Morgan fingerprint density at radius 2 is 2.07 bits per heavy atom. The first-order chi connectivity index (χ1) is 13.2. The fourth-order valence-electron chi connectivity index (χ4n) is 3.72. The molecule has 0 bridgehead atoms. The molecular formula is C21H30N4O2S. The number of thiophene rings is 1. The van der Waals surface area contributed by atoms with Crippen molar-refractivity contribution in [2.75, 3.05) is 0 Å². The minimum absolute atomic E-state index is 0.203. The third-order valence-corrected chi connectivity index (χ3v) is 6.51. The van der Waals surface area contributed by atoms with E-state index in [-0.39, 0.29) is 18.2 Å². The molecule has 1 aliphatic rings. The number of nitrogens with one attached hydrogen (secondary N) is 2. The van der Waals surface area contributed by atoms with Gasteiger partial charge in [-0.05, 0) is 56.6 Å². The molecule has 0 aliphatic heterocycles. The van der Waals surface area contributed by atoms with E-state index in [9.17, 15) is 9.59 Å². The molecule has 2 aromatic heterocycles. The Balaban J connectivity index is 1.57. The van der Waals surface area contributed by atoms with Crippen LogP contribution in [0.2, 0.25) is 0 Å². The monoisotopic (exact) mass is 402 g/mol. The number of rotatable bonds is 5. The fourth-order valence-corrected chi connectivity index (χ4v) is 4.83. The van der Waals surface area contributed by atoms with Gasteiger partial charge in [-0.3, -0.25) is 25.1 Å². The van der Waals surface area contributed by atoms with Crippen LogP contribution >= 0.6 is 11.3 Å². The Hall–Kier alpha value is -2.15. The number of carbonyl (C=O) groups excluding carboxylic acids is 2. The summed E-state index contributed by atoms with van der Waals surface area (Å²) in [5, 5.41) is 4.54. The standard InChI is InChI=1S/C21H30N4O2S/c1-12(2)11-25-15(5)17(14(4)24-25)10-20(26)22-23-21(27)19-9-16-8-13(3)6-7-18(16)28-19/h9,12-13H,6-8,10-11H2,1-5H3,(H,22,26)(H,23,27)/t13-/m1/s1. The summed E-state index contributed by atoms with van der Waals surface area (Å²) in [5.41, 5.74) is 9.19. The molecule has 0 spiro atoms. The highest BCUT2D eigenvalue weighted by Crippen LogP contribution is 2.32. The van der Waals surface area contributed by atoms with Crippen LogP contribution in [0, 0.1) is 25.7 Å². The molecule has 28 heavy (non-hydrogen) atoms. The van der Waals surface area contributed by atoms with Crippen molar-refractivity contribution in [1.29, 1.82) is 0 Å². The van der Waals surface area contributed by atoms with Crippen LogP contribution in [-0.2, 0) is 30.6 Å². The number of aryl methyl sites for hydroxylation is 2. The Kier molecular flexibility index (Phi) is 6.23. The van der Waals surface area contributed by atoms with Gasteiger partial charge < -0.3 is 0 Å². The Bertz CT molecular complexity index is 881. The van der Waals surface area contributed by atoms with Crippen LogP contribution in [0.25, 0.3) is 0 Å². The van der Waals surface area contributed by atoms with Gasteiger partial charge in [-0.15, -0.1) is 11.3 Å². The van der Waals surface area contributed by atoms with E-state index in [0.717, 1.165) is 36.3 Å². The highest BCUT2D eigenvalue weighted by molar-refractivity contribution is 7.14. The summed E-state index contributed by atoms with van der Waals surface area (Å²) in [5.74, 6) is 0.669. The molecule has 0 fully saturated rings. The number of carbonyl (C=O) groups is 2. The van der Waals surface area contributed by atoms with E-state index < -0.39 is 0 Å². The van der Waals surface area contributed by atoms with Crippen molar-refractivity contribution < 1.29 is 9.59 Å². The van der Waals surface area contributed by atoms with Gasteiger partial charge in [0, 0.05) is 22.7 Å². The lowest BCUT2D eigenvalue weighted by Crippen LogP contribution is -2.42. The van der Waals surface area contributed by atoms with E-state index in [4.69, 9.17) is 0 Å². The predicted molar refractivity (Wildman–Crippen MR) is 111 cm³/mol. The summed E-state index contributed by atoms with van der Waals surface area (Å²) in [6.45, 7) is 11.3. The molecule has 2 N–H and O–H groups in total. The van der Waals surface area contributed by atoms with Crippen LogP contribution in [0.4, 0.5) is 0 Å². The highest BCUT2D eigenvalue weighted by Gasteiger charge is 2.21. The molecule has 0 saturated carbocycles. The van der Waals surface area contributed by atoms with E-state index in [1.807, 2.05) is 24.6 Å². The third kappa shape index (κ3) is 4.63. The molecule has 152 valence electrons. The summed E-state index contributed by atoms with van der Waals surface area (Å²) >= 11 is 1.54. The second-order valence-corrected chi connectivity index (χ2v) is 9.45. The molecule has 7 heteroatoms. The van der Waals surface area contributed by atoms with Crippen LogP contribution in [0.1, 0.15) is 64.3 Å². The van der Waals surface area contributed by atoms with Gasteiger partial charge in [0.05, 0.1) is 17.0 Å². The smallest absolute Gasteiger partial charge is 0.273 e. The minimum atomic E-state index is -0.246. The van der Waals surface area contributed by atoms with E-state index >= 15 is 0 Å². The van der Waals surface area contributed by atoms with Crippen LogP contribution in [-0.4, -0.2) is 21.6 Å². The predicted octanol–water partition coefficient (Wildman–Crippen LogP) is 3.35. The van der Waals surface area contributed by atoms with Crippen LogP contribution < -0.4 is 10.9 Å². The van der Waals surface area contributed by atoms with Crippen LogP contribution in [0.3, 0.4) is 0 Å². The van der Waals surface area contributed by atoms with Crippen molar-refractivity contribution in [3.05, 3.63) is 38.3 Å². The van der Waals surface area contributed by atoms with Gasteiger partial charge in [0.25, 0.3) is 5.91 Å². The second-order valence-electron chi connectivity index (χ2n) is 8.31. The lowest BCUT2D eigenvalue weighted by atomic mass is 9.90. The van der Waals surface area contributed by atoms with E-state index in [0.29, 0.717) is 16.7 Å². The number of fused-ring (bicyclic) bond motifs is 1. The fraction of sp³-hybridized carbons (Fsp3) is 0.571. The molecule has 1 aliphatic carbocycles. The topological polar surface area (TPSA) is 76.0 Å². The van der Waals surface area contributed by atoms with E-state index in [2.05, 4.69) is 36.7 Å². The first-order valence-corrected chi connectivity index (χ1v) is 10.8. The normalized spacial score (nSPS) is 16.1. The maximum atomic E-state index is 12.4. The number of hydrogen-bond acceptors (Lipinski definition) is 4. The van der Waals surface area contributed by atoms with Gasteiger partial charge in [0.15, 0.2) is 0 Å². The third-order valence-electron chi connectivity index (χ3n) is 5.28. The number of nitrogens with zero attached hydrogens (tertiary/aromatic N) is 2. The van der Waals surface area contributed by atoms with Crippen molar-refractivity contribution in [2.24, 2.45) is 11.8 Å². The lowest BCUT2D eigenvalue weighted by Gasteiger charge is -2.16. The summed E-state index contributed by atoms with van der Waals surface area (Å²) in [7, 11) is 0. The van der Waals surface area contributed by atoms with E-state index in [1.54, 1.807) is 0 Å². The summed E-state index contributed by atoms with van der Waals surface area (Å²) in [4.78, 5) is 26.8. The molecule has 3 rings (SSSR count). The van der Waals surface area contributed by atoms with E-state index in [1.165, 1.54) is 28.2 Å². The Labute approximate surface area is 170 Å². The molecule has 1 atom stereocenters.